The van der Waals surface area contributed by atoms with Crippen molar-refractivity contribution in [3.63, 3.8) is 0 Å². The number of carbonyl (C=O) groups is 1. The number of thioether (sulfide) groups is 1. The van der Waals surface area contributed by atoms with Gasteiger partial charge in [-0.3, -0.25) is 14.7 Å². The Morgan fingerprint density at radius 2 is 2.29 bits per heavy atom. The fourth-order valence-corrected chi connectivity index (χ4v) is 2.72. The van der Waals surface area contributed by atoms with Crippen molar-refractivity contribution in [3.8, 4) is 11.4 Å². The summed E-state index contributed by atoms with van der Waals surface area (Å²) in [7, 11) is 1.61. The van der Waals surface area contributed by atoms with Gasteiger partial charge in [-0.25, -0.2) is 0 Å². The minimum atomic E-state index is -0.212. The van der Waals surface area contributed by atoms with Gasteiger partial charge in [-0.15, -0.1) is 10.2 Å². The van der Waals surface area contributed by atoms with Gasteiger partial charge in [0.15, 0.2) is 5.16 Å². The molecule has 24 heavy (non-hydrogen) atoms. The number of benzene rings is 1. The number of carbonyl (C=O) groups excluding carboxylic acids is 1. The minimum Gasteiger partial charge on any atom is -0.497 e. The minimum absolute atomic E-state index is 0.169. The molecule has 1 N–H and O–H groups in total. The molecule has 0 atom stereocenters. The average Bonchev–Trinajstić information content (AvgIpc) is 3.22. The lowest BCUT2D eigenvalue weighted by Crippen LogP contribution is -2.14. The van der Waals surface area contributed by atoms with E-state index in [0.29, 0.717) is 16.7 Å². The van der Waals surface area contributed by atoms with E-state index in [1.165, 1.54) is 11.8 Å². The summed E-state index contributed by atoms with van der Waals surface area (Å²) in [4.78, 5) is 12.0. The quantitative estimate of drug-likeness (QED) is 0.685. The molecule has 2 aromatic heterocycles. The van der Waals surface area contributed by atoms with E-state index in [9.17, 15) is 4.79 Å². The summed E-state index contributed by atoms with van der Waals surface area (Å²) in [6, 6.07) is 9.16. The third kappa shape index (κ3) is 3.74. The highest BCUT2D eigenvalue weighted by molar-refractivity contribution is 7.99. The zero-order valence-corrected chi connectivity index (χ0v) is 13.9. The van der Waals surface area contributed by atoms with Crippen LogP contribution in [0.4, 0.5) is 5.88 Å². The van der Waals surface area contributed by atoms with Crippen LogP contribution in [0.5, 0.6) is 5.75 Å². The van der Waals surface area contributed by atoms with Crippen molar-refractivity contribution >= 4 is 23.6 Å². The molecule has 0 radical (unpaired) electrons. The number of hydrogen-bond donors (Lipinski definition) is 1. The Kier molecular flexibility index (Phi) is 4.80. The zero-order valence-electron chi connectivity index (χ0n) is 13.1. The van der Waals surface area contributed by atoms with Crippen LogP contribution in [0.25, 0.3) is 5.69 Å². The van der Waals surface area contributed by atoms with Crippen LogP contribution in [0.15, 0.2) is 46.3 Å². The number of hydrogen-bond acceptors (Lipinski definition) is 7. The van der Waals surface area contributed by atoms with E-state index < -0.39 is 0 Å². The molecule has 0 aliphatic rings. The number of nitrogens with zero attached hydrogens (tertiary/aromatic N) is 4. The van der Waals surface area contributed by atoms with Gasteiger partial charge in [-0.05, 0) is 19.1 Å². The second-order valence-corrected chi connectivity index (χ2v) is 5.80. The molecule has 124 valence electrons. The highest BCUT2D eigenvalue weighted by Crippen LogP contribution is 2.22. The van der Waals surface area contributed by atoms with Gasteiger partial charge in [0, 0.05) is 12.1 Å². The standard InChI is InChI=1S/C15H15N5O3S/c1-10-6-14(23-19-10)17-13(21)8-24-15-18-16-9-20(15)11-4-3-5-12(7-11)22-2/h3-7,9H,8H2,1-2H3,(H,17,21). The van der Waals surface area contributed by atoms with Gasteiger partial charge in [0.05, 0.1) is 24.2 Å². The summed E-state index contributed by atoms with van der Waals surface area (Å²) >= 11 is 1.27. The summed E-state index contributed by atoms with van der Waals surface area (Å²) in [5.41, 5.74) is 1.56. The number of ether oxygens (including phenoxy) is 1. The molecule has 9 heteroatoms. The van der Waals surface area contributed by atoms with Gasteiger partial charge in [-0.2, -0.15) is 0 Å². The van der Waals surface area contributed by atoms with E-state index in [4.69, 9.17) is 9.26 Å². The molecule has 0 aliphatic heterocycles. The molecule has 0 unspecified atom stereocenters. The molecular weight excluding hydrogens is 330 g/mol. The van der Waals surface area contributed by atoms with Crippen molar-refractivity contribution in [2.75, 3.05) is 18.2 Å². The second-order valence-electron chi connectivity index (χ2n) is 4.85. The lowest BCUT2D eigenvalue weighted by atomic mass is 10.3. The van der Waals surface area contributed by atoms with Gasteiger partial charge < -0.3 is 9.26 Å². The molecule has 8 nitrogen and oxygen atoms in total. The molecule has 3 rings (SSSR count). The van der Waals surface area contributed by atoms with Gasteiger partial charge in [-0.1, -0.05) is 23.0 Å². The molecule has 0 saturated heterocycles. The van der Waals surface area contributed by atoms with Crippen LogP contribution in [-0.4, -0.2) is 38.7 Å². The normalized spacial score (nSPS) is 10.6. The largest absolute Gasteiger partial charge is 0.497 e. The van der Waals surface area contributed by atoms with Gasteiger partial charge >= 0.3 is 0 Å². The number of nitrogens with one attached hydrogen (secondary N) is 1. The Bertz CT molecular complexity index is 845. The van der Waals surface area contributed by atoms with Crippen LogP contribution in [-0.2, 0) is 4.79 Å². The predicted molar refractivity (Wildman–Crippen MR) is 88.5 cm³/mol. The van der Waals surface area contributed by atoms with Crippen LogP contribution in [0.3, 0.4) is 0 Å². The third-order valence-electron chi connectivity index (χ3n) is 3.07. The summed E-state index contributed by atoms with van der Waals surface area (Å²) in [6.07, 6.45) is 1.59. The van der Waals surface area contributed by atoms with Crippen LogP contribution in [0.1, 0.15) is 5.69 Å². The molecule has 0 bridgehead atoms. The predicted octanol–water partition coefficient (Wildman–Crippen LogP) is 2.30. The molecule has 3 aromatic rings. The Hall–Kier alpha value is -2.81. The van der Waals surface area contributed by atoms with Gasteiger partial charge in [0.25, 0.3) is 0 Å². The topological polar surface area (TPSA) is 95.1 Å². The van der Waals surface area contributed by atoms with Crippen LogP contribution < -0.4 is 10.1 Å². The van der Waals surface area contributed by atoms with Crippen LogP contribution in [0.2, 0.25) is 0 Å². The first-order valence-electron chi connectivity index (χ1n) is 7.06. The first kappa shape index (κ1) is 16.1. The molecule has 0 saturated carbocycles. The Labute approximate surface area is 142 Å². The van der Waals surface area contributed by atoms with E-state index in [2.05, 4.69) is 20.7 Å². The monoisotopic (exact) mass is 345 g/mol. The maximum absolute atomic E-state index is 12.0. The highest BCUT2D eigenvalue weighted by atomic mass is 32.2. The van der Waals surface area contributed by atoms with E-state index in [0.717, 1.165) is 11.4 Å². The molecule has 0 aliphatic carbocycles. The highest BCUT2D eigenvalue weighted by Gasteiger charge is 2.12. The first-order chi connectivity index (χ1) is 11.7. The summed E-state index contributed by atoms with van der Waals surface area (Å²) < 4.78 is 12.0. The van der Waals surface area contributed by atoms with Crippen molar-refractivity contribution in [1.82, 2.24) is 19.9 Å². The molecule has 1 aromatic carbocycles. The molecule has 1 amide bonds. The Morgan fingerprint density at radius 1 is 1.42 bits per heavy atom. The zero-order chi connectivity index (χ0) is 16.9. The van der Waals surface area contributed by atoms with Gasteiger partial charge in [0.1, 0.15) is 12.1 Å². The van der Waals surface area contributed by atoms with Crippen molar-refractivity contribution in [1.29, 1.82) is 0 Å². The summed E-state index contributed by atoms with van der Waals surface area (Å²) in [6.45, 7) is 1.78. The van der Waals surface area contributed by atoms with Crippen LogP contribution >= 0.6 is 11.8 Å². The van der Waals surface area contributed by atoms with Crippen LogP contribution in [0, 0.1) is 6.92 Å². The first-order valence-corrected chi connectivity index (χ1v) is 8.04. The second kappa shape index (κ2) is 7.18. The number of anilines is 1. The van der Waals surface area contributed by atoms with E-state index in [1.807, 2.05) is 24.3 Å². The fraction of sp³-hybridized carbons (Fsp3) is 0.200. The average molecular weight is 345 g/mol. The maximum Gasteiger partial charge on any atom is 0.237 e. The molecule has 0 fully saturated rings. The van der Waals surface area contributed by atoms with Gasteiger partial charge in [0.2, 0.25) is 11.8 Å². The lowest BCUT2D eigenvalue weighted by Gasteiger charge is -2.07. The number of rotatable bonds is 6. The number of amides is 1. The van der Waals surface area contributed by atoms with E-state index >= 15 is 0 Å². The van der Waals surface area contributed by atoms with Crippen molar-refractivity contribution in [2.45, 2.75) is 12.1 Å². The summed E-state index contributed by atoms with van der Waals surface area (Å²) in [5, 5.41) is 14.9. The number of methoxy groups -OCH3 is 1. The third-order valence-corrected chi connectivity index (χ3v) is 4.01. The lowest BCUT2D eigenvalue weighted by molar-refractivity contribution is -0.113. The summed E-state index contributed by atoms with van der Waals surface area (Å²) in [5.74, 6) is 1.02. The number of aromatic nitrogens is 4. The Balaban J connectivity index is 1.66. The van der Waals surface area contributed by atoms with Crippen molar-refractivity contribution in [3.05, 3.63) is 42.4 Å². The number of aryl methyl sites for hydroxylation is 1. The molecule has 0 spiro atoms. The van der Waals surface area contributed by atoms with E-state index in [1.54, 1.807) is 31.0 Å². The molecular formula is C15H15N5O3S. The fourth-order valence-electron chi connectivity index (χ4n) is 1.99. The van der Waals surface area contributed by atoms with Crippen molar-refractivity contribution < 1.29 is 14.1 Å². The smallest absolute Gasteiger partial charge is 0.237 e. The Morgan fingerprint density at radius 3 is 3.04 bits per heavy atom. The maximum atomic E-state index is 12.0. The van der Waals surface area contributed by atoms with E-state index in [-0.39, 0.29) is 11.7 Å². The molecule has 2 heterocycles. The van der Waals surface area contributed by atoms with Crippen molar-refractivity contribution in [2.24, 2.45) is 0 Å². The SMILES string of the molecule is COc1cccc(-n2cnnc2SCC(=O)Nc2cc(C)no2)c1.